The van der Waals surface area contributed by atoms with E-state index in [2.05, 4.69) is 17.6 Å². The molecule has 0 radical (unpaired) electrons. The largest absolute Gasteiger partial charge is 0.444 e. The molecular weight excluding hydrogens is 443 g/mol. The minimum Gasteiger partial charge on any atom is -0.444 e. The number of aliphatic imine (C=N–C) groups is 1. The monoisotopic (exact) mass is 480 g/mol. The lowest BCUT2D eigenvalue weighted by Crippen LogP contribution is -2.44. The van der Waals surface area contributed by atoms with Gasteiger partial charge in [0.05, 0.1) is 0 Å². The highest BCUT2D eigenvalue weighted by Gasteiger charge is 2.26. The molecule has 1 saturated heterocycles. The topological polar surface area (TPSA) is 66.0 Å². The molecule has 2 fully saturated rings. The fraction of sp³-hybridized carbons (Fsp3) is 0.895. The fourth-order valence-electron chi connectivity index (χ4n) is 3.43. The molecule has 0 unspecified atom stereocenters. The number of ether oxygens (including phenoxy) is 1. The lowest BCUT2D eigenvalue weighted by Gasteiger charge is -2.33. The molecule has 0 aromatic carbocycles. The maximum atomic E-state index is 12.1. The Bertz CT molecular complexity index is 451. The number of nitrogens with one attached hydrogen (secondary N) is 2. The Balaban J connectivity index is 0.00000338. The van der Waals surface area contributed by atoms with Crippen molar-refractivity contribution < 1.29 is 9.53 Å². The second kappa shape index (κ2) is 11.2. The summed E-state index contributed by atoms with van der Waals surface area (Å²) in [4.78, 5) is 18.7. The van der Waals surface area contributed by atoms with Crippen molar-refractivity contribution >= 4 is 36.0 Å². The van der Waals surface area contributed by atoms with Crippen molar-refractivity contribution in [3.63, 3.8) is 0 Å². The first kappa shape index (κ1) is 23.3. The SMILES string of the molecule is CCNC(=NCC1CCN(C(=O)OC(C)(C)C)CC1)NC1CCCC1.I. The average Bonchev–Trinajstić information content (AvgIpc) is 3.05. The molecule has 0 bridgehead atoms. The summed E-state index contributed by atoms with van der Waals surface area (Å²) >= 11 is 0. The minimum absolute atomic E-state index is 0. The number of rotatable bonds is 4. The maximum Gasteiger partial charge on any atom is 0.410 e. The Morgan fingerprint density at radius 3 is 2.31 bits per heavy atom. The van der Waals surface area contributed by atoms with Crippen LogP contribution in [0.15, 0.2) is 4.99 Å². The van der Waals surface area contributed by atoms with E-state index in [0.717, 1.165) is 45.0 Å². The van der Waals surface area contributed by atoms with E-state index in [9.17, 15) is 4.79 Å². The molecule has 0 aromatic heterocycles. The predicted molar refractivity (Wildman–Crippen MR) is 117 cm³/mol. The van der Waals surface area contributed by atoms with E-state index in [1.165, 1.54) is 25.7 Å². The maximum absolute atomic E-state index is 12.1. The van der Waals surface area contributed by atoms with Gasteiger partial charge in [0.1, 0.15) is 5.60 Å². The molecule has 1 aliphatic heterocycles. The number of likely N-dealkylation sites (tertiary alicyclic amines) is 1. The van der Waals surface area contributed by atoms with E-state index >= 15 is 0 Å². The van der Waals surface area contributed by atoms with Gasteiger partial charge in [-0.05, 0) is 59.3 Å². The smallest absolute Gasteiger partial charge is 0.410 e. The summed E-state index contributed by atoms with van der Waals surface area (Å²) in [5, 5.41) is 6.92. The van der Waals surface area contributed by atoms with Crippen LogP contribution >= 0.6 is 24.0 Å². The van der Waals surface area contributed by atoms with Gasteiger partial charge in [0.15, 0.2) is 5.96 Å². The van der Waals surface area contributed by atoms with Gasteiger partial charge in [0.25, 0.3) is 0 Å². The normalized spacial score (nSPS) is 19.8. The number of carbonyl (C=O) groups excluding carboxylic acids is 1. The van der Waals surface area contributed by atoms with Gasteiger partial charge in [-0.15, -0.1) is 24.0 Å². The lowest BCUT2D eigenvalue weighted by molar-refractivity contribution is 0.0187. The highest BCUT2D eigenvalue weighted by molar-refractivity contribution is 14.0. The van der Waals surface area contributed by atoms with Crippen LogP contribution in [0.2, 0.25) is 0 Å². The van der Waals surface area contributed by atoms with Gasteiger partial charge in [-0.3, -0.25) is 4.99 Å². The minimum atomic E-state index is -0.426. The lowest BCUT2D eigenvalue weighted by atomic mass is 9.97. The molecule has 0 spiro atoms. The molecule has 2 aliphatic rings. The van der Waals surface area contributed by atoms with Gasteiger partial charge in [-0.1, -0.05) is 12.8 Å². The molecule has 6 nitrogen and oxygen atoms in total. The third-order valence-corrected chi connectivity index (χ3v) is 4.81. The average molecular weight is 480 g/mol. The Labute approximate surface area is 175 Å². The van der Waals surface area contributed by atoms with E-state index in [4.69, 9.17) is 9.73 Å². The van der Waals surface area contributed by atoms with E-state index in [1.54, 1.807) is 0 Å². The summed E-state index contributed by atoms with van der Waals surface area (Å²) in [6.07, 6.45) is 6.93. The highest BCUT2D eigenvalue weighted by atomic mass is 127. The molecule has 7 heteroatoms. The Morgan fingerprint density at radius 2 is 1.77 bits per heavy atom. The van der Waals surface area contributed by atoms with E-state index < -0.39 is 5.60 Å². The second-order valence-electron chi connectivity index (χ2n) is 8.26. The Hall–Kier alpha value is -0.730. The van der Waals surface area contributed by atoms with Crippen LogP contribution in [0.25, 0.3) is 0 Å². The van der Waals surface area contributed by atoms with Crippen LogP contribution in [0.1, 0.15) is 66.2 Å². The van der Waals surface area contributed by atoms with Crippen molar-refractivity contribution in [3.8, 4) is 0 Å². The van der Waals surface area contributed by atoms with Crippen LogP contribution < -0.4 is 10.6 Å². The molecular formula is C19H37IN4O2. The molecule has 2 rings (SSSR count). The number of carbonyl (C=O) groups is 1. The summed E-state index contributed by atoms with van der Waals surface area (Å²) in [7, 11) is 0. The van der Waals surface area contributed by atoms with Crippen LogP contribution in [0.4, 0.5) is 4.79 Å². The summed E-state index contributed by atoms with van der Waals surface area (Å²) in [6.45, 7) is 11.1. The van der Waals surface area contributed by atoms with Gasteiger partial charge < -0.3 is 20.3 Å². The first-order valence-corrected chi connectivity index (χ1v) is 9.90. The molecule has 1 aliphatic carbocycles. The zero-order chi connectivity index (χ0) is 18.3. The van der Waals surface area contributed by atoms with Gasteiger partial charge in [0.2, 0.25) is 0 Å². The number of amides is 1. The van der Waals surface area contributed by atoms with Crippen LogP contribution in [0, 0.1) is 5.92 Å². The van der Waals surface area contributed by atoms with Gasteiger partial charge >= 0.3 is 6.09 Å². The first-order valence-electron chi connectivity index (χ1n) is 9.90. The van der Waals surface area contributed by atoms with Gasteiger partial charge in [-0.2, -0.15) is 0 Å². The third-order valence-electron chi connectivity index (χ3n) is 4.81. The number of nitrogens with zero attached hydrogens (tertiary/aromatic N) is 2. The molecule has 26 heavy (non-hydrogen) atoms. The zero-order valence-corrected chi connectivity index (χ0v) is 19.2. The third kappa shape index (κ3) is 8.31. The van der Waals surface area contributed by atoms with Crippen molar-refractivity contribution in [2.45, 2.75) is 77.9 Å². The van der Waals surface area contributed by atoms with Gasteiger partial charge in [0, 0.05) is 32.2 Å². The zero-order valence-electron chi connectivity index (χ0n) is 16.8. The highest BCUT2D eigenvalue weighted by Crippen LogP contribution is 2.20. The van der Waals surface area contributed by atoms with E-state index in [-0.39, 0.29) is 30.1 Å². The number of hydrogen-bond donors (Lipinski definition) is 2. The number of halogens is 1. The number of piperidine rings is 1. The van der Waals surface area contributed by atoms with Crippen molar-refractivity contribution in [1.82, 2.24) is 15.5 Å². The van der Waals surface area contributed by atoms with Gasteiger partial charge in [-0.25, -0.2) is 4.79 Å². The molecule has 1 heterocycles. The Kier molecular flexibility index (Phi) is 10.0. The fourth-order valence-corrected chi connectivity index (χ4v) is 3.43. The second-order valence-corrected chi connectivity index (χ2v) is 8.26. The van der Waals surface area contributed by atoms with E-state index in [1.807, 2.05) is 25.7 Å². The predicted octanol–water partition coefficient (Wildman–Crippen LogP) is 3.75. The standard InChI is InChI=1S/C19H36N4O2.HI/c1-5-20-17(22-16-8-6-7-9-16)21-14-15-10-12-23(13-11-15)18(24)25-19(2,3)4;/h15-16H,5-14H2,1-4H3,(H2,20,21,22);1H. The summed E-state index contributed by atoms with van der Waals surface area (Å²) in [6, 6.07) is 0.576. The molecule has 152 valence electrons. The quantitative estimate of drug-likeness (QED) is 0.366. The molecule has 1 amide bonds. The molecule has 2 N–H and O–H groups in total. The summed E-state index contributed by atoms with van der Waals surface area (Å²) in [5.74, 6) is 1.49. The molecule has 1 saturated carbocycles. The number of hydrogen-bond acceptors (Lipinski definition) is 3. The molecule has 0 atom stereocenters. The molecule has 0 aromatic rings. The summed E-state index contributed by atoms with van der Waals surface area (Å²) in [5.41, 5.74) is -0.426. The van der Waals surface area contributed by atoms with Crippen molar-refractivity contribution in [2.24, 2.45) is 10.9 Å². The van der Waals surface area contributed by atoms with E-state index in [0.29, 0.717) is 12.0 Å². The van der Waals surface area contributed by atoms with Crippen molar-refractivity contribution in [1.29, 1.82) is 0 Å². The van der Waals surface area contributed by atoms with Crippen LogP contribution in [0.3, 0.4) is 0 Å². The van der Waals surface area contributed by atoms with Crippen molar-refractivity contribution in [2.75, 3.05) is 26.2 Å². The van der Waals surface area contributed by atoms with Crippen LogP contribution in [-0.2, 0) is 4.74 Å². The Morgan fingerprint density at radius 1 is 1.15 bits per heavy atom. The van der Waals surface area contributed by atoms with Crippen LogP contribution in [0.5, 0.6) is 0 Å². The first-order chi connectivity index (χ1) is 11.9. The van der Waals surface area contributed by atoms with Crippen molar-refractivity contribution in [3.05, 3.63) is 0 Å². The summed E-state index contributed by atoms with van der Waals surface area (Å²) < 4.78 is 5.46. The van der Waals surface area contributed by atoms with Crippen LogP contribution in [-0.4, -0.2) is 54.8 Å². The number of guanidine groups is 1.